The molecule has 19 heavy (non-hydrogen) atoms. The predicted molar refractivity (Wildman–Crippen MR) is 74.8 cm³/mol. The van der Waals surface area contributed by atoms with Crippen molar-refractivity contribution in [1.29, 1.82) is 0 Å². The van der Waals surface area contributed by atoms with E-state index >= 15 is 0 Å². The smallest absolute Gasteiger partial charge is 0.234 e. The van der Waals surface area contributed by atoms with Crippen molar-refractivity contribution in [3.8, 4) is 0 Å². The number of carbonyl (C=O) groups excluding carboxylic acids is 1. The molecule has 1 amide bonds. The minimum atomic E-state index is -0.228. The average molecular weight is 269 g/mol. The van der Waals surface area contributed by atoms with Crippen molar-refractivity contribution < 1.29 is 9.53 Å². The summed E-state index contributed by atoms with van der Waals surface area (Å²) in [5, 5.41) is 3.32. The number of nitrogens with one attached hydrogen (secondary N) is 1. The molecule has 2 atom stereocenters. The van der Waals surface area contributed by atoms with Crippen LogP contribution in [0.2, 0.25) is 0 Å². The SMILES string of the molecule is CN(CCC(NC1CC1)C(N)=O)CC1CCCCO1. The molecule has 0 bridgehead atoms. The quantitative estimate of drug-likeness (QED) is 0.673. The first-order valence-corrected chi connectivity index (χ1v) is 7.50. The van der Waals surface area contributed by atoms with Crippen molar-refractivity contribution in [1.82, 2.24) is 10.2 Å². The number of nitrogens with zero attached hydrogens (tertiary/aromatic N) is 1. The van der Waals surface area contributed by atoms with E-state index < -0.39 is 0 Å². The summed E-state index contributed by atoms with van der Waals surface area (Å²) >= 11 is 0. The fraction of sp³-hybridized carbons (Fsp3) is 0.929. The van der Waals surface area contributed by atoms with Crippen LogP contribution in [0.5, 0.6) is 0 Å². The standard InChI is InChI=1S/C14H27N3O2/c1-17(10-12-4-2-3-9-19-12)8-7-13(14(15)18)16-11-5-6-11/h11-13,16H,2-10H2,1H3,(H2,15,18). The van der Waals surface area contributed by atoms with Gasteiger partial charge in [0.2, 0.25) is 5.91 Å². The number of hydrogen-bond donors (Lipinski definition) is 2. The predicted octanol–water partition coefficient (Wildman–Crippen LogP) is 0.483. The number of amides is 1. The van der Waals surface area contributed by atoms with Crippen LogP contribution < -0.4 is 11.1 Å². The van der Waals surface area contributed by atoms with Gasteiger partial charge in [0.25, 0.3) is 0 Å². The summed E-state index contributed by atoms with van der Waals surface area (Å²) in [6.07, 6.45) is 7.12. The summed E-state index contributed by atoms with van der Waals surface area (Å²) in [6, 6.07) is 0.340. The van der Waals surface area contributed by atoms with Crippen LogP contribution in [0, 0.1) is 0 Å². The Morgan fingerprint density at radius 2 is 2.21 bits per heavy atom. The lowest BCUT2D eigenvalue weighted by Crippen LogP contribution is -2.45. The first-order valence-electron chi connectivity index (χ1n) is 7.50. The third-order valence-corrected chi connectivity index (χ3v) is 3.95. The van der Waals surface area contributed by atoms with Crippen LogP contribution in [-0.4, -0.2) is 55.7 Å². The molecule has 2 fully saturated rings. The van der Waals surface area contributed by atoms with Crippen LogP contribution in [0.1, 0.15) is 38.5 Å². The second-order valence-corrected chi connectivity index (χ2v) is 5.94. The molecular weight excluding hydrogens is 242 g/mol. The molecule has 1 heterocycles. The Morgan fingerprint density at radius 3 is 2.79 bits per heavy atom. The van der Waals surface area contributed by atoms with Gasteiger partial charge in [0.05, 0.1) is 12.1 Å². The summed E-state index contributed by atoms with van der Waals surface area (Å²) in [4.78, 5) is 13.6. The van der Waals surface area contributed by atoms with E-state index in [0.29, 0.717) is 12.1 Å². The van der Waals surface area contributed by atoms with E-state index in [9.17, 15) is 4.79 Å². The first-order chi connectivity index (χ1) is 9.15. The lowest BCUT2D eigenvalue weighted by atomic mass is 10.1. The van der Waals surface area contributed by atoms with E-state index in [1.807, 2.05) is 0 Å². The minimum Gasteiger partial charge on any atom is -0.377 e. The number of primary amides is 1. The number of likely N-dealkylation sites (N-methyl/N-ethyl adjacent to an activating group) is 1. The van der Waals surface area contributed by atoms with E-state index in [1.165, 1.54) is 25.7 Å². The van der Waals surface area contributed by atoms with Crippen molar-refractivity contribution in [2.75, 3.05) is 26.7 Å². The zero-order valence-corrected chi connectivity index (χ0v) is 11.9. The van der Waals surface area contributed by atoms with Crippen LogP contribution >= 0.6 is 0 Å². The molecule has 1 aliphatic carbocycles. The molecule has 5 nitrogen and oxygen atoms in total. The van der Waals surface area contributed by atoms with Gasteiger partial charge in [0.1, 0.15) is 0 Å². The lowest BCUT2D eigenvalue weighted by molar-refractivity contribution is -0.120. The topological polar surface area (TPSA) is 67.6 Å². The minimum absolute atomic E-state index is 0.178. The number of hydrogen-bond acceptors (Lipinski definition) is 4. The highest BCUT2D eigenvalue weighted by Gasteiger charge is 2.27. The Hall–Kier alpha value is -0.650. The molecular formula is C14H27N3O2. The molecule has 0 aromatic rings. The second-order valence-electron chi connectivity index (χ2n) is 5.94. The summed E-state index contributed by atoms with van der Waals surface area (Å²) in [5.41, 5.74) is 5.44. The molecule has 5 heteroatoms. The van der Waals surface area contributed by atoms with Crippen molar-refractivity contribution in [2.45, 2.75) is 56.7 Å². The molecule has 0 spiro atoms. The van der Waals surface area contributed by atoms with E-state index in [-0.39, 0.29) is 11.9 Å². The fourth-order valence-corrected chi connectivity index (χ4v) is 2.58. The molecule has 0 aromatic heterocycles. The van der Waals surface area contributed by atoms with Gasteiger partial charge in [-0.2, -0.15) is 0 Å². The zero-order valence-electron chi connectivity index (χ0n) is 11.9. The molecule has 0 radical (unpaired) electrons. The third-order valence-electron chi connectivity index (χ3n) is 3.95. The van der Waals surface area contributed by atoms with Crippen LogP contribution in [0.15, 0.2) is 0 Å². The molecule has 0 aromatic carbocycles. The van der Waals surface area contributed by atoms with Gasteiger partial charge >= 0.3 is 0 Å². The molecule has 1 saturated heterocycles. The molecule has 3 N–H and O–H groups in total. The molecule has 2 rings (SSSR count). The Bertz CT molecular complexity index is 288. The van der Waals surface area contributed by atoms with Gasteiger partial charge in [-0.05, 0) is 52.1 Å². The monoisotopic (exact) mass is 269 g/mol. The van der Waals surface area contributed by atoms with E-state index in [1.54, 1.807) is 0 Å². The van der Waals surface area contributed by atoms with Crippen molar-refractivity contribution >= 4 is 5.91 Å². The summed E-state index contributed by atoms with van der Waals surface area (Å²) < 4.78 is 5.73. The van der Waals surface area contributed by atoms with Gasteiger partial charge in [-0.15, -0.1) is 0 Å². The highest BCUT2D eigenvalue weighted by Crippen LogP contribution is 2.20. The molecule has 110 valence electrons. The number of ether oxygens (including phenoxy) is 1. The lowest BCUT2D eigenvalue weighted by Gasteiger charge is -2.28. The van der Waals surface area contributed by atoms with Gasteiger partial charge in [0.15, 0.2) is 0 Å². The van der Waals surface area contributed by atoms with Gasteiger partial charge < -0.3 is 20.7 Å². The summed E-state index contributed by atoms with van der Waals surface area (Å²) in [7, 11) is 2.09. The third kappa shape index (κ3) is 5.47. The van der Waals surface area contributed by atoms with E-state index in [2.05, 4.69) is 17.3 Å². The number of rotatable bonds is 8. The van der Waals surface area contributed by atoms with Gasteiger partial charge in [-0.25, -0.2) is 0 Å². The Morgan fingerprint density at radius 1 is 1.42 bits per heavy atom. The zero-order chi connectivity index (χ0) is 13.7. The second kappa shape index (κ2) is 7.22. The summed E-state index contributed by atoms with van der Waals surface area (Å²) in [5.74, 6) is -0.228. The van der Waals surface area contributed by atoms with Crippen LogP contribution in [0.25, 0.3) is 0 Å². The highest BCUT2D eigenvalue weighted by atomic mass is 16.5. The Kier molecular flexibility index (Phi) is 5.60. The maximum absolute atomic E-state index is 11.4. The molecule has 1 aliphatic heterocycles. The maximum Gasteiger partial charge on any atom is 0.234 e. The van der Waals surface area contributed by atoms with E-state index in [0.717, 1.165) is 32.5 Å². The van der Waals surface area contributed by atoms with Crippen molar-refractivity contribution in [3.63, 3.8) is 0 Å². The summed E-state index contributed by atoms with van der Waals surface area (Å²) in [6.45, 7) is 2.73. The molecule has 2 aliphatic rings. The van der Waals surface area contributed by atoms with Crippen LogP contribution in [0.3, 0.4) is 0 Å². The normalized spacial score (nSPS) is 25.5. The molecule has 1 saturated carbocycles. The molecule has 2 unspecified atom stereocenters. The number of carbonyl (C=O) groups is 1. The van der Waals surface area contributed by atoms with E-state index in [4.69, 9.17) is 10.5 Å². The van der Waals surface area contributed by atoms with Crippen molar-refractivity contribution in [3.05, 3.63) is 0 Å². The largest absolute Gasteiger partial charge is 0.377 e. The van der Waals surface area contributed by atoms with Crippen molar-refractivity contribution in [2.24, 2.45) is 5.73 Å². The van der Waals surface area contributed by atoms with Gasteiger partial charge in [-0.3, -0.25) is 4.79 Å². The first kappa shape index (κ1) is 14.8. The Balaban J connectivity index is 1.65. The average Bonchev–Trinajstić information content (AvgIpc) is 3.19. The Labute approximate surface area is 115 Å². The maximum atomic E-state index is 11.4. The van der Waals surface area contributed by atoms with Crippen LogP contribution in [0.4, 0.5) is 0 Å². The number of nitrogens with two attached hydrogens (primary N) is 1. The van der Waals surface area contributed by atoms with Gasteiger partial charge in [0, 0.05) is 19.2 Å². The van der Waals surface area contributed by atoms with Crippen LogP contribution in [-0.2, 0) is 9.53 Å². The van der Waals surface area contributed by atoms with Gasteiger partial charge in [-0.1, -0.05) is 0 Å². The highest BCUT2D eigenvalue weighted by molar-refractivity contribution is 5.79. The fourth-order valence-electron chi connectivity index (χ4n) is 2.58.